The highest BCUT2D eigenvalue weighted by Crippen LogP contribution is 2.13. The summed E-state index contributed by atoms with van der Waals surface area (Å²) in [5.74, 6) is -0.00113. The van der Waals surface area contributed by atoms with Crippen molar-refractivity contribution in [3.05, 3.63) is 49.5 Å². The molecule has 0 bridgehead atoms. The minimum absolute atomic E-state index is 0.0619. The Morgan fingerprint density at radius 2 is 1.86 bits per heavy atom. The molecule has 0 saturated carbocycles. The van der Waals surface area contributed by atoms with E-state index in [4.69, 9.17) is 11.5 Å². The average Bonchev–Trinajstić information content (AvgIpc) is 2.66. The van der Waals surface area contributed by atoms with Gasteiger partial charge in [0.1, 0.15) is 5.76 Å². The van der Waals surface area contributed by atoms with Crippen LogP contribution in [0.3, 0.4) is 0 Å². The molecule has 0 radical (unpaired) electrons. The highest BCUT2D eigenvalue weighted by atomic mass is 32.2. The number of nitrogens with two attached hydrogens (primary N) is 2. The lowest BCUT2D eigenvalue weighted by atomic mass is 10.1. The summed E-state index contributed by atoms with van der Waals surface area (Å²) in [4.78, 5) is 24.6. The summed E-state index contributed by atoms with van der Waals surface area (Å²) in [5, 5.41) is 17.9. The number of carbonyl (C=O) groups excluding carboxylic acids is 2. The van der Waals surface area contributed by atoms with Crippen LogP contribution in [0.25, 0.3) is 0 Å². The molecular weight excluding hydrogens is 390 g/mol. The summed E-state index contributed by atoms with van der Waals surface area (Å²) < 4.78 is 0. The molecule has 164 valence electrons. The fourth-order valence-electron chi connectivity index (χ4n) is 2.15. The monoisotopic (exact) mass is 425 g/mol. The number of aliphatic hydroxyl groups excluding tert-OH is 1. The van der Waals surface area contributed by atoms with E-state index < -0.39 is 12.1 Å². The second kappa shape index (κ2) is 14.7. The van der Waals surface area contributed by atoms with Gasteiger partial charge in [-0.15, -0.1) is 6.58 Å². The molecule has 9 heteroatoms. The van der Waals surface area contributed by atoms with E-state index in [9.17, 15) is 14.7 Å². The molecule has 0 spiro atoms. The van der Waals surface area contributed by atoms with Crippen LogP contribution >= 0.6 is 11.8 Å². The molecule has 0 saturated heterocycles. The van der Waals surface area contributed by atoms with Gasteiger partial charge < -0.3 is 32.5 Å². The van der Waals surface area contributed by atoms with Crippen LogP contribution in [-0.4, -0.2) is 53.1 Å². The van der Waals surface area contributed by atoms with Gasteiger partial charge in [-0.05, 0) is 26.3 Å². The highest BCUT2D eigenvalue weighted by Gasteiger charge is 2.21. The summed E-state index contributed by atoms with van der Waals surface area (Å²) in [6, 6.07) is -1.22. The maximum Gasteiger partial charge on any atom is 0.220 e. The van der Waals surface area contributed by atoms with Crippen LogP contribution in [0, 0.1) is 0 Å². The maximum absolute atomic E-state index is 12.4. The van der Waals surface area contributed by atoms with Crippen LogP contribution in [0.4, 0.5) is 0 Å². The van der Waals surface area contributed by atoms with Crippen molar-refractivity contribution in [3.8, 4) is 0 Å². The quantitative estimate of drug-likeness (QED) is 0.159. The standard InChI is InChI=1S/C20H35N5O3S/c1-6-17(22)7-8-19(27)25-18(15(4)23-11-14(3)26)12-29-20(28)16(5)24-13(2)9-10-21/h6,16-18,23-24,26H,1-4,7-12,21-22H2,5H3,(H,25,27)/t16-,17?,18?/m0/s1. The van der Waals surface area contributed by atoms with Gasteiger partial charge >= 0.3 is 0 Å². The zero-order valence-electron chi connectivity index (χ0n) is 17.2. The first-order chi connectivity index (χ1) is 13.6. The zero-order valence-corrected chi connectivity index (χ0v) is 18.0. The Bertz CT molecular complexity index is 609. The van der Waals surface area contributed by atoms with Crippen LogP contribution in [0.1, 0.15) is 26.2 Å². The van der Waals surface area contributed by atoms with Crippen molar-refractivity contribution in [2.45, 2.75) is 44.3 Å². The van der Waals surface area contributed by atoms with Crippen molar-refractivity contribution in [3.63, 3.8) is 0 Å². The number of hydrogen-bond acceptors (Lipinski definition) is 8. The lowest BCUT2D eigenvalue weighted by Crippen LogP contribution is -2.43. The van der Waals surface area contributed by atoms with Gasteiger partial charge in [-0.1, -0.05) is 37.6 Å². The minimum Gasteiger partial charge on any atom is -0.511 e. The van der Waals surface area contributed by atoms with E-state index >= 15 is 0 Å². The summed E-state index contributed by atoms with van der Waals surface area (Å²) in [6.45, 7) is 17.0. The molecule has 8 nitrogen and oxygen atoms in total. The number of hydrogen-bond donors (Lipinski definition) is 6. The minimum atomic E-state index is -0.518. The number of nitrogens with one attached hydrogen (secondary N) is 3. The molecule has 0 aliphatic carbocycles. The first-order valence-electron chi connectivity index (χ1n) is 9.38. The SMILES string of the molecule is C=CC(N)CCC(=O)NC(CSC(=O)[C@H](C)NC(=C)CCN)C(=C)NCC(=C)O. The van der Waals surface area contributed by atoms with E-state index in [0.29, 0.717) is 30.8 Å². The number of aliphatic hydroxyl groups is 1. The Morgan fingerprint density at radius 1 is 1.21 bits per heavy atom. The fourth-order valence-corrected chi connectivity index (χ4v) is 3.08. The molecule has 0 aromatic rings. The molecule has 2 unspecified atom stereocenters. The molecule has 8 N–H and O–H groups in total. The van der Waals surface area contributed by atoms with Crippen molar-refractivity contribution in [1.29, 1.82) is 0 Å². The lowest BCUT2D eigenvalue weighted by Gasteiger charge is -2.23. The van der Waals surface area contributed by atoms with Gasteiger partial charge in [-0.3, -0.25) is 9.59 Å². The third kappa shape index (κ3) is 12.8. The number of amides is 1. The molecule has 29 heavy (non-hydrogen) atoms. The van der Waals surface area contributed by atoms with Crippen LogP contribution in [0.5, 0.6) is 0 Å². The summed E-state index contributed by atoms with van der Waals surface area (Å²) in [6.07, 6.45) is 2.85. The molecular formula is C20H35N5O3S. The number of thioether (sulfide) groups is 1. The van der Waals surface area contributed by atoms with Crippen molar-refractivity contribution < 1.29 is 14.7 Å². The van der Waals surface area contributed by atoms with Crippen molar-refractivity contribution >= 4 is 22.8 Å². The third-order valence-corrected chi connectivity index (χ3v) is 5.03. The van der Waals surface area contributed by atoms with E-state index in [-0.39, 0.29) is 41.5 Å². The topological polar surface area (TPSA) is 142 Å². The van der Waals surface area contributed by atoms with Crippen molar-refractivity contribution in [1.82, 2.24) is 16.0 Å². The second-order valence-corrected chi connectivity index (χ2v) is 7.67. The molecule has 0 aromatic carbocycles. The smallest absolute Gasteiger partial charge is 0.220 e. The van der Waals surface area contributed by atoms with Gasteiger partial charge in [0.25, 0.3) is 0 Å². The van der Waals surface area contributed by atoms with E-state index in [1.807, 2.05) is 0 Å². The highest BCUT2D eigenvalue weighted by molar-refractivity contribution is 8.13. The van der Waals surface area contributed by atoms with E-state index in [1.54, 1.807) is 13.0 Å². The number of carbonyl (C=O) groups is 2. The summed E-state index contributed by atoms with van der Waals surface area (Å²) in [5.41, 5.74) is 12.4. The Balaban J connectivity index is 4.83. The Morgan fingerprint density at radius 3 is 2.41 bits per heavy atom. The molecule has 0 fully saturated rings. The number of rotatable bonds is 16. The van der Waals surface area contributed by atoms with Crippen LogP contribution in [-0.2, 0) is 9.59 Å². The Kier molecular flexibility index (Phi) is 13.6. The van der Waals surface area contributed by atoms with E-state index in [0.717, 1.165) is 11.8 Å². The third-order valence-electron chi connectivity index (χ3n) is 3.90. The zero-order chi connectivity index (χ0) is 22.4. The maximum atomic E-state index is 12.4. The van der Waals surface area contributed by atoms with Crippen LogP contribution < -0.4 is 27.4 Å². The predicted octanol–water partition coefficient (Wildman–Crippen LogP) is 1.04. The molecule has 0 aromatic heterocycles. The van der Waals surface area contributed by atoms with Crippen LogP contribution in [0.15, 0.2) is 49.5 Å². The van der Waals surface area contributed by atoms with Gasteiger partial charge in [-0.25, -0.2) is 0 Å². The largest absolute Gasteiger partial charge is 0.511 e. The van der Waals surface area contributed by atoms with Crippen molar-refractivity contribution in [2.24, 2.45) is 11.5 Å². The Hall–Kier alpha value is -2.23. The predicted molar refractivity (Wildman–Crippen MR) is 121 cm³/mol. The molecule has 3 atom stereocenters. The molecule has 0 heterocycles. The van der Waals surface area contributed by atoms with Gasteiger partial charge in [-0.2, -0.15) is 0 Å². The molecule has 0 aliphatic rings. The lowest BCUT2D eigenvalue weighted by molar-refractivity contribution is -0.121. The molecule has 0 rings (SSSR count). The van der Waals surface area contributed by atoms with Gasteiger partial charge in [0.15, 0.2) is 0 Å². The summed E-state index contributed by atoms with van der Waals surface area (Å²) >= 11 is 1.07. The second-order valence-electron chi connectivity index (χ2n) is 6.64. The first kappa shape index (κ1) is 26.8. The van der Waals surface area contributed by atoms with Gasteiger partial charge in [0, 0.05) is 29.6 Å². The normalized spacial score (nSPS) is 13.5. The van der Waals surface area contributed by atoms with E-state index in [1.165, 1.54) is 0 Å². The van der Waals surface area contributed by atoms with Gasteiger partial charge in [0.2, 0.25) is 11.0 Å². The first-order valence-corrected chi connectivity index (χ1v) is 10.4. The fraction of sp³-hybridized carbons (Fsp3) is 0.500. The average molecular weight is 426 g/mol. The Labute approximate surface area is 177 Å². The van der Waals surface area contributed by atoms with E-state index in [2.05, 4.69) is 42.3 Å². The molecule has 1 amide bonds. The van der Waals surface area contributed by atoms with Crippen LogP contribution in [0.2, 0.25) is 0 Å². The van der Waals surface area contributed by atoms with Gasteiger partial charge in [0.05, 0.1) is 18.6 Å². The summed E-state index contributed by atoms with van der Waals surface area (Å²) in [7, 11) is 0. The van der Waals surface area contributed by atoms with Crippen molar-refractivity contribution in [2.75, 3.05) is 18.8 Å². The molecule has 0 aliphatic heterocycles.